The minimum Gasteiger partial charge on any atom is -0.357 e. The van der Waals surface area contributed by atoms with Crippen molar-refractivity contribution in [3.63, 3.8) is 0 Å². The van der Waals surface area contributed by atoms with Gasteiger partial charge in [-0.25, -0.2) is 0 Å². The van der Waals surface area contributed by atoms with Crippen molar-refractivity contribution in [2.24, 2.45) is 0 Å². The number of hydrogen-bond donors (Lipinski definition) is 2. The summed E-state index contributed by atoms with van der Waals surface area (Å²) in [6, 6.07) is 15.1. The monoisotopic (exact) mass is 293 g/mol. The highest BCUT2D eigenvalue weighted by Gasteiger charge is 2.25. The lowest BCUT2D eigenvalue weighted by Gasteiger charge is -2.24. The lowest BCUT2D eigenvalue weighted by Crippen LogP contribution is -2.30. The van der Waals surface area contributed by atoms with Crippen molar-refractivity contribution in [2.45, 2.75) is 12.5 Å². The van der Waals surface area contributed by atoms with Crippen LogP contribution in [0.15, 0.2) is 48.5 Å². The lowest BCUT2D eigenvalue weighted by atomic mass is 9.94. The van der Waals surface area contributed by atoms with Crippen molar-refractivity contribution < 1.29 is 4.92 Å². The third-order valence-corrected chi connectivity index (χ3v) is 4.30. The molecule has 0 amide bonds. The van der Waals surface area contributed by atoms with Crippen LogP contribution in [0.25, 0.3) is 10.9 Å². The Morgan fingerprint density at radius 2 is 1.86 bits per heavy atom. The van der Waals surface area contributed by atoms with Gasteiger partial charge >= 0.3 is 0 Å². The van der Waals surface area contributed by atoms with E-state index in [1.165, 1.54) is 16.6 Å². The van der Waals surface area contributed by atoms with Crippen molar-refractivity contribution in [1.82, 2.24) is 10.3 Å². The predicted molar refractivity (Wildman–Crippen MR) is 84.9 cm³/mol. The summed E-state index contributed by atoms with van der Waals surface area (Å²) in [5.74, 6) is 0. The predicted octanol–water partition coefficient (Wildman–Crippen LogP) is 3.31. The van der Waals surface area contributed by atoms with Crippen LogP contribution in [0.2, 0.25) is 0 Å². The number of hydrogen-bond acceptors (Lipinski definition) is 3. The topological polar surface area (TPSA) is 71.0 Å². The number of nitro benzene ring substituents is 1. The fourth-order valence-electron chi connectivity index (χ4n) is 3.25. The Hall–Kier alpha value is -2.66. The molecule has 0 bridgehead atoms. The zero-order chi connectivity index (χ0) is 15.1. The lowest BCUT2D eigenvalue weighted by molar-refractivity contribution is -0.384. The maximum Gasteiger partial charge on any atom is 0.269 e. The van der Waals surface area contributed by atoms with E-state index in [0.29, 0.717) is 0 Å². The quantitative estimate of drug-likeness (QED) is 0.562. The average Bonchev–Trinajstić information content (AvgIpc) is 2.93. The number of H-pyrrole nitrogens is 1. The number of benzene rings is 2. The van der Waals surface area contributed by atoms with Crippen molar-refractivity contribution in [1.29, 1.82) is 0 Å². The Morgan fingerprint density at radius 1 is 1.09 bits per heavy atom. The molecule has 1 aromatic heterocycles. The SMILES string of the molecule is O=[N+]([O-])c1ccc([C@H]2NCCc3c2[nH]c2ccccc32)cc1. The van der Waals surface area contributed by atoms with Gasteiger partial charge in [-0.3, -0.25) is 10.1 Å². The minimum absolute atomic E-state index is 0.0527. The van der Waals surface area contributed by atoms with Crippen LogP contribution in [0, 0.1) is 10.1 Å². The molecule has 5 nitrogen and oxygen atoms in total. The van der Waals surface area contributed by atoms with E-state index in [1.807, 2.05) is 18.2 Å². The van der Waals surface area contributed by atoms with Crippen LogP contribution < -0.4 is 5.32 Å². The number of nitrogens with one attached hydrogen (secondary N) is 2. The first-order valence-corrected chi connectivity index (χ1v) is 7.31. The first kappa shape index (κ1) is 13.0. The second-order valence-corrected chi connectivity index (χ2v) is 5.55. The summed E-state index contributed by atoms with van der Waals surface area (Å²) in [5, 5.41) is 15.6. The Balaban J connectivity index is 1.80. The van der Waals surface area contributed by atoms with Gasteiger partial charge < -0.3 is 10.3 Å². The van der Waals surface area contributed by atoms with Crippen LogP contribution >= 0.6 is 0 Å². The van der Waals surface area contributed by atoms with Gasteiger partial charge in [0.05, 0.1) is 11.0 Å². The molecule has 1 aliphatic heterocycles. The maximum absolute atomic E-state index is 10.8. The van der Waals surface area contributed by atoms with Crippen LogP contribution in [0.1, 0.15) is 22.9 Å². The summed E-state index contributed by atoms with van der Waals surface area (Å²) in [7, 11) is 0. The van der Waals surface area contributed by atoms with Gasteiger partial charge in [-0.1, -0.05) is 30.3 Å². The summed E-state index contributed by atoms with van der Waals surface area (Å²) in [6.45, 7) is 0.899. The van der Waals surface area contributed by atoms with Crippen molar-refractivity contribution in [3.8, 4) is 0 Å². The van der Waals surface area contributed by atoms with Gasteiger partial charge in [0.25, 0.3) is 5.69 Å². The zero-order valence-electron chi connectivity index (χ0n) is 11.9. The number of nitro groups is 1. The van der Waals surface area contributed by atoms with E-state index >= 15 is 0 Å². The standard InChI is InChI=1S/C17H15N3O2/c21-20(22)12-7-5-11(6-8-12)16-17-14(9-10-18-16)13-3-1-2-4-15(13)19-17/h1-8,16,18-19H,9-10H2/t16-/m1/s1. The Labute approximate surface area is 127 Å². The second-order valence-electron chi connectivity index (χ2n) is 5.55. The number of non-ortho nitro benzene ring substituents is 1. The van der Waals surface area contributed by atoms with Gasteiger partial charge in [-0.05, 0) is 23.6 Å². The maximum atomic E-state index is 10.8. The number of para-hydroxylation sites is 1. The third-order valence-electron chi connectivity index (χ3n) is 4.30. The second kappa shape index (κ2) is 4.96. The molecule has 4 rings (SSSR count). The fourth-order valence-corrected chi connectivity index (χ4v) is 3.25. The summed E-state index contributed by atoms with van der Waals surface area (Å²) in [5.41, 5.74) is 4.82. The van der Waals surface area contributed by atoms with Crippen LogP contribution in [0.3, 0.4) is 0 Å². The summed E-state index contributed by atoms with van der Waals surface area (Å²) >= 11 is 0. The van der Waals surface area contributed by atoms with Crippen LogP contribution in [0.4, 0.5) is 5.69 Å². The van der Waals surface area contributed by atoms with Crippen LogP contribution in [-0.4, -0.2) is 16.5 Å². The zero-order valence-corrected chi connectivity index (χ0v) is 11.9. The number of rotatable bonds is 2. The molecule has 0 saturated heterocycles. The van der Waals surface area contributed by atoms with E-state index in [2.05, 4.69) is 28.5 Å². The molecule has 2 heterocycles. The van der Waals surface area contributed by atoms with Gasteiger partial charge in [0.1, 0.15) is 0 Å². The fraction of sp³-hybridized carbons (Fsp3) is 0.176. The number of nitrogens with zero attached hydrogens (tertiary/aromatic N) is 1. The van der Waals surface area contributed by atoms with Crippen LogP contribution in [0.5, 0.6) is 0 Å². The first-order valence-electron chi connectivity index (χ1n) is 7.31. The molecule has 0 saturated carbocycles. The Morgan fingerprint density at radius 3 is 2.64 bits per heavy atom. The summed E-state index contributed by atoms with van der Waals surface area (Å²) < 4.78 is 0. The van der Waals surface area contributed by atoms with E-state index in [0.717, 1.165) is 24.0 Å². The normalized spacial score (nSPS) is 17.4. The molecule has 0 aliphatic carbocycles. The average molecular weight is 293 g/mol. The van der Waals surface area contributed by atoms with Gasteiger partial charge in [-0.15, -0.1) is 0 Å². The summed E-state index contributed by atoms with van der Waals surface area (Å²) in [6.07, 6.45) is 0.989. The van der Waals surface area contributed by atoms with Crippen molar-refractivity contribution in [3.05, 3.63) is 75.5 Å². The van der Waals surface area contributed by atoms with E-state index in [4.69, 9.17) is 0 Å². The third kappa shape index (κ3) is 1.98. The van der Waals surface area contributed by atoms with E-state index in [9.17, 15) is 10.1 Å². The Bertz CT molecular complexity index is 852. The van der Waals surface area contributed by atoms with Gasteiger partial charge in [0, 0.05) is 35.3 Å². The highest BCUT2D eigenvalue weighted by molar-refractivity contribution is 5.85. The first-order chi connectivity index (χ1) is 10.7. The molecular weight excluding hydrogens is 278 g/mol. The van der Waals surface area contributed by atoms with E-state index in [1.54, 1.807) is 12.1 Å². The molecule has 2 aromatic carbocycles. The minimum atomic E-state index is -0.369. The molecule has 110 valence electrons. The van der Waals surface area contributed by atoms with Crippen molar-refractivity contribution >= 4 is 16.6 Å². The molecule has 5 heteroatoms. The molecule has 2 N–H and O–H groups in total. The molecule has 1 aliphatic rings. The molecule has 0 unspecified atom stereocenters. The van der Waals surface area contributed by atoms with Gasteiger partial charge in [0.2, 0.25) is 0 Å². The molecule has 1 atom stereocenters. The number of fused-ring (bicyclic) bond motifs is 3. The molecule has 3 aromatic rings. The molecular formula is C17H15N3O2. The number of aromatic amines is 1. The van der Waals surface area contributed by atoms with Crippen LogP contribution in [-0.2, 0) is 6.42 Å². The molecule has 0 fully saturated rings. The van der Waals surface area contributed by atoms with Gasteiger partial charge in [-0.2, -0.15) is 0 Å². The largest absolute Gasteiger partial charge is 0.357 e. The molecule has 0 spiro atoms. The van der Waals surface area contributed by atoms with E-state index < -0.39 is 0 Å². The molecule has 22 heavy (non-hydrogen) atoms. The summed E-state index contributed by atoms with van der Waals surface area (Å²) in [4.78, 5) is 13.9. The molecule has 0 radical (unpaired) electrons. The Kier molecular flexibility index (Phi) is 2.94. The van der Waals surface area contributed by atoms with Crippen molar-refractivity contribution in [2.75, 3.05) is 6.54 Å². The highest BCUT2D eigenvalue weighted by atomic mass is 16.6. The van der Waals surface area contributed by atoms with Gasteiger partial charge in [0.15, 0.2) is 0 Å². The van der Waals surface area contributed by atoms with E-state index in [-0.39, 0.29) is 16.7 Å². The highest BCUT2D eigenvalue weighted by Crippen LogP contribution is 2.33. The smallest absolute Gasteiger partial charge is 0.269 e. The number of aromatic nitrogens is 1.